The summed E-state index contributed by atoms with van der Waals surface area (Å²) < 4.78 is 77.2. The van der Waals surface area contributed by atoms with Crippen molar-refractivity contribution in [3.8, 4) is 22.5 Å². The molecule has 24 heteroatoms. The van der Waals surface area contributed by atoms with Gasteiger partial charge in [-0.15, -0.1) is 0 Å². The van der Waals surface area contributed by atoms with Crippen LogP contribution in [0.5, 0.6) is 0 Å². The number of benzene rings is 2. The zero-order valence-corrected chi connectivity index (χ0v) is 47.6. The number of carboxylic acids is 2. The average molecular weight is 1120 g/mol. The SMILES string of the molecule is CC(C)c1nc(N(C)S(C)(=O)=O)nc(-c2ccc(F)cc2)c1C=C[C@@H](O)C[C@@H](O)CC(=O)O.CC(C)c1nc(N(C)S(C)(=O)=O)nc(-c2ccc(F)cc2)c1C=C[C@@H](O)C[C@@H](O)CC(=O)O.NC1CCCCCC1.[Ca+2].[H-].[H-]. The van der Waals surface area contributed by atoms with Crippen LogP contribution in [0.15, 0.2) is 60.7 Å². The first-order chi connectivity index (χ1) is 34.5. The first kappa shape index (κ1) is 66.6. The van der Waals surface area contributed by atoms with Crippen LogP contribution in [0.3, 0.4) is 0 Å². The van der Waals surface area contributed by atoms with E-state index in [1.54, 1.807) is 0 Å². The maximum atomic E-state index is 13.5. The van der Waals surface area contributed by atoms with E-state index in [-0.39, 0.29) is 77.2 Å². The number of aliphatic carboxylic acids is 2. The summed E-state index contributed by atoms with van der Waals surface area (Å²) in [6, 6.07) is 11.5. The summed E-state index contributed by atoms with van der Waals surface area (Å²) in [4.78, 5) is 39.1. The molecule has 0 amide bonds. The second-order valence-corrected chi connectivity index (χ2v) is 22.7. The number of carboxylic acid groups (broad SMARTS) is 2. The second kappa shape index (κ2) is 31.0. The van der Waals surface area contributed by atoms with Gasteiger partial charge in [0.05, 0.1) is 72.5 Å². The first-order valence-corrected chi connectivity index (χ1v) is 27.7. The molecule has 2 heterocycles. The van der Waals surface area contributed by atoms with E-state index >= 15 is 0 Å². The smallest absolute Gasteiger partial charge is 1.00 e. The van der Waals surface area contributed by atoms with E-state index in [4.69, 9.17) is 15.9 Å². The van der Waals surface area contributed by atoms with Gasteiger partial charge in [0.25, 0.3) is 0 Å². The number of hydrogen-bond donors (Lipinski definition) is 7. The number of anilines is 2. The number of sulfonamides is 2. The third-order valence-corrected chi connectivity index (χ3v) is 13.8. The van der Waals surface area contributed by atoms with E-state index in [2.05, 4.69) is 19.9 Å². The molecule has 0 unspecified atom stereocenters. The molecule has 19 nitrogen and oxygen atoms in total. The molecule has 4 aromatic rings. The predicted octanol–water partition coefficient (Wildman–Crippen LogP) is 6.32. The van der Waals surface area contributed by atoms with E-state index < -0.39 is 80.9 Å². The topological polar surface area (TPSA) is 308 Å². The molecule has 0 radical (unpaired) electrons. The van der Waals surface area contributed by atoms with Gasteiger partial charge in [0.15, 0.2) is 0 Å². The third kappa shape index (κ3) is 22.5. The Kier molecular flexibility index (Phi) is 27.5. The van der Waals surface area contributed by atoms with Crippen LogP contribution in [-0.4, -0.2) is 174 Å². The Morgan fingerprint density at radius 1 is 0.640 bits per heavy atom. The van der Waals surface area contributed by atoms with E-state index in [1.807, 2.05) is 27.7 Å². The molecule has 1 aliphatic rings. The summed E-state index contributed by atoms with van der Waals surface area (Å²) in [7, 11) is -4.65. The molecule has 1 saturated carbocycles. The minimum absolute atomic E-state index is 0. The minimum atomic E-state index is -3.65. The molecule has 1 fully saturated rings. The van der Waals surface area contributed by atoms with Crippen LogP contribution in [0.1, 0.15) is 129 Å². The Morgan fingerprint density at radius 2 is 0.960 bits per heavy atom. The Morgan fingerprint density at radius 3 is 1.24 bits per heavy atom. The third-order valence-electron chi connectivity index (χ3n) is 11.5. The summed E-state index contributed by atoms with van der Waals surface area (Å²) in [6.45, 7) is 7.41. The number of aliphatic hydroxyl groups is 4. The number of halogens is 2. The number of nitrogens with two attached hydrogens (primary N) is 1. The van der Waals surface area contributed by atoms with Crippen LogP contribution < -0.4 is 14.3 Å². The van der Waals surface area contributed by atoms with Gasteiger partial charge in [0.2, 0.25) is 31.9 Å². The summed E-state index contributed by atoms with van der Waals surface area (Å²) >= 11 is 0. The number of aliphatic hydroxyl groups excluding tert-OH is 4. The van der Waals surface area contributed by atoms with Gasteiger partial charge in [0.1, 0.15) is 11.6 Å². The van der Waals surface area contributed by atoms with Crippen LogP contribution in [-0.2, 0) is 29.6 Å². The van der Waals surface area contributed by atoms with Crippen LogP contribution in [0.4, 0.5) is 20.7 Å². The van der Waals surface area contributed by atoms with Crippen molar-refractivity contribution >= 4 is 93.8 Å². The fourth-order valence-electron chi connectivity index (χ4n) is 7.40. The van der Waals surface area contributed by atoms with Gasteiger partial charge in [-0.3, -0.25) is 9.59 Å². The molecule has 0 saturated heterocycles. The minimum Gasteiger partial charge on any atom is -1.00 e. The van der Waals surface area contributed by atoms with Gasteiger partial charge in [-0.1, -0.05) is 77.7 Å². The van der Waals surface area contributed by atoms with Crippen LogP contribution in [0.2, 0.25) is 0 Å². The van der Waals surface area contributed by atoms with Gasteiger partial charge < -0.3 is 39.2 Å². The quantitative estimate of drug-likeness (QED) is 0.0376. The average Bonchev–Trinajstić information content (AvgIpc) is 3.56. The number of aromatic nitrogens is 4. The Hall–Kier alpha value is -4.56. The van der Waals surface area contributed by atoms with E-state index in [9.17, 15) is 55.6 Å². The Bertz CT molecular complexity index is 2600. The fraction of sp³-hybridized carbons (Fsp3) is 0.490. The van der Waals surface area contributed by atoms with Crippen molar-refractivity contribution in [1.82, 2.24) is 19.9 Å². The molecule has 1 aliphatic carbocycles. The number of carbonyl (C=O) groups is 2. The largest absolute Gasteiger partial charge is 2.00 e. The molecular weight excluding hydrogens is 1040 g/mol. The van der Waals surface area contributed by atoms with Gasteiger partial charge in [-0.2, -0.15) is 0 Å². The van der Waals surface area contributed by atoms with E-state index in [0.29, 0.717) is 51.1 Å². The number of nitrogens with zero attached hydrogens (tertiary/aromatic N) is 6. The monoisotopic (exact) mass is 1120 g/mol. The van der Waals surface area contributed by atoms with Gasteiger partial charge in [-0.25, -0.2) is 54.2 Å². The van der Waals surface area contributed by atoms with Crippen molar-refractivity contribution in [2.75, 3.05) is 35.2 Å². The zero-order chi connectivity index (χ0) is 55.7. The van der Waals surface area contributed by atoms with Crippen LogP contribution >= 0.6 is 0 Å². The molecule has 0 spiro atoms. The first-order valence-electron chi connectivity index (χ1n) is 24.0. The van der Waals surface area contributed by atoms with Gasteiger partial charge in [0, 0.05) is 55.2 Å². The summed E-state index contributed by atoms with van der Waals surface area (Å²) in [6.07, 6.45) is 9.79. The van der Waals surface area contributed by atoms with E-state index in [0.717, 1.165) is 21.1 Å². The fourth-order valence-corrected chi connectivity index (χ4v) is 8.16. The number of rotatable bonds is 20. The summed E-state index contributed by atoms with van der Waals surface area (Å²) in [5.74, 6) is -3.74. The molecule has 0 aliphatic heterocycles. The van der Waals surface area contributed by atoms with Crippen molar-refractivity contribution in [3.63, 3.8) is 0 Å². The van der Waals surface area contributed by atoms with Crippen molar-refractivity contribution in [1.29, 1.82) is 0 Å². The van der Waals surface area contributed by atoms with Crippen molar-refractivity contribution in [2.24, 2.45) is 5.73 Å². The Labute approximate surface area is 471 Å². The molecule has 5 rings (SSSR count). The molecule has 75 heavy (non-hydrogen) atoms. The van der Waals surface area contributed by atoms with Gasteiger partial charge >= 0.3 is 49.7 Å². The van der Waals surface area contributed by atoms with E-state index in [1.165, 1.54) is 125 Å². The molecule has 4 atom stereocenters. The second-order valence-electron chi connectivity index (χ2n) is 18.7. The molecular formula is C51H73CaF2N7O12S2. The van der Waals surface area contributed by atoms with Crippen molar-refractivity contribution in [3.05, 3.63) is 94.8 Å². The maximum absolute atomic E-state index is 13.5. The van der Waals surface area contributed by atoms with Crippen molar-refractivity contribution in [2.45, 2.75) is 134 Å². The summed E-state index contributed by atoms with van der Waals surface area (Å²) in [5, 5.41) is 57.6. The standard InChI is InChI=1S/2C22H28FN3O6S.C7H15N.Ca.2H/c2*1-13(2)20-18(10-9-16(27)11-17(28)12-19(29)30)21(14-5-7-15(23)8-6-14)25-22(24-20)26(3)33(4,31)32;8-7-5-3-1-2-4-6-7;;;/h2*5-10,13,16-17,27-28H,11-12H2,1-4H3,(H,29,30);7H,1-6,8H2;;;/q;;;+2;2*-1/t2*16-,17-;;;;/m11..../s1. The predicted molar refractivity (Wildman–Crippen MR) is 289 cm³/mol. The molecule has 8 N–H and O–H groups in total. The maximum Gasteiger partial charge on any atom is 2.00 e. The van der Waals surface area contributed by atoms with Crippen LogP contribution in [0.25, 0.3) is 34.7 Å². The van der Waals surface area contributed by atoms with Gasteiger partial charge in [-0.05, 0) is 73.2 Å². The zero-order valence-electron chi connectivity index (χ0n) is 45.7. The molecule has 2 aromatic carbocycles. The number of hydrogen-bond acceptors (Lipinski definition) is 15. The Balaban J connectivity index is 0.00000126. The van der Waals surface area contributed by atoms with Crippen LogP contribution in [0, 0.1) is 11.6 Å². The molecule has 0 bridgehead atoms. The normalized spacial score (nSPS) is 14.9. The molecule has 412 valence electrons. The van der Waals surface area contributed by atoms with Crippen molar-refractivity contribution < 1.29 is 68.7 Å². The molecule has 2 aromatic heterocycles. The summed E-state index contributed by atoms with van der Waals surface area (Å²) in [5.41, 5.74) is 9.34.